The Hall–Kier alpha value is -3.03. The molecule has 0 aliphatic carbocycles. The molecule has 0 bridgehead atoms. The molecule has 5 nitrogen and oxygen atoms in total. The summed E-state index contributed by atoms with van der Waals surface area (Å²) in [6.45, 7) is -0.000164. The van der Waals surface area contributed by atoms with Crippen molar-refractivity contribution in [2.45, 2.75) is 12.7 Å². The van der Waals surface area contributed by atoms with Crippen LogP contribution in [0.5, 0.6) is 0 Å². The number of halogens is 3. The number of benzene rings is 1. The summed E-state index contributed by atoms with van der Waals surface area (Å²) in [5.41, 5.74) is -0.603. The molecule has 1 amide bonds. The Morgan fingerprint density at radius 3 is 2.54 bits per heavy atom. The van der Waals surface area contributed by atoms with Gasteiger partial charge >= 0.3 is 6.18 Å². The van der Waals surface area contributed by atoms with Crippen LogP contribution in [-0.4, -0.2) is 10.9 Å². The lowest BCUT2D eigenvalue weighted by Crippen LogP contribution is -2.28. The van der Waals surface area contributed by atoms with Crippen LogP contribution in [0.25, 0.3) is 11.1 Å². The molecule has 2 N–H and O–H groups in total. The van der Waals surface area contributed by atoms with Crippen molar-refractivity contribution in [1.29, 1.82) is 0 Å². The van der Waals surface area contributed by atoms with Crippen molar-refractivity contribution in [2.75, 3.05) is 0 Å². The van der Waals surface area contributed by atoms with Gasteiger partial charge in [-0.25, -0.2) is 0 Å². The molecule has 3 rings (SSSR count). The lowest BCUT2D eigenvalue weighted by molar-refractivity contribution is -0.137. The van der Waals surface area contributed by atoms with Gasteiger partial charge in [-0.3, -0.25) is 9.59 Å². The number of aromatic amines is 1. The summed E-state index contributed by atoms with van der Waals surface area (Å²) < 4.78 is 42.5. The summed E-state index contributed by atoms with van der Waals surface area (Å²) in [5.74, 6) is -0.626. The van der Waals surface area contributed by atoms with Crippen LogP contribution in [0.15, 0.2) is 52.0 Å². The zero-order valence-electron chi connectivity index (χ0n) is 12.1. The van der Waals surface area contributed by atoms with E-state index in [0.717, 1.165) is 12.1 Å². The van der Waals surface area contributed by atoms with Crippen LogP contribution in [0.3, 0.4) is 0 Å². The number of nitrogens with one attached hydrogen (secondary N) is 2. The highest BCUT2D eigenvalue weighted by atomic mass is 19.4. The Morgan fingerprint density at radius 2 is 1.88 bits per heavy atom. The largest absolute Gasteiger partial charge is 0.448 e. The summed E-state index contributed by atoms with van der Waals surface area (Å²) in [6, 6.07) is 5.86. The number of aromatic nitrogens is 1. The minimum Gasteiger partial charge on any atom is -0.448 e. The maximum atomic E-state index is 12.5. The van der Waals surface area contributed by atoms with Gasteiger partial charge in [0, 0.05) is 12.7 Å². The molecule has 8 heteroatoms. The SMILES string of the molecule is O=C(NCc1ccc(C(F)(F)F)cc1)c1c[nH]c2occc2c1=O. The van der Waals surface area contributed by atoms with E-state index in [1.54, 1.807) is 0 Å². The molecule has 0 fully saturated rings. The molecule has 0 spiro atoms. The number of hydrogen-bond acceptors (Lipinski definition) is 3. The zero-order valence-corrected chi connectivity index (χ0v) is 12.1. The highest BCUT2D eigenvalue weighted by Crippen LogP contribution is 2.29. The molecule has 24 heavy (non-hydrogen) atoms. The van der Waals surface area contributed by atoms with Gasteiger partial charge in [-0.2, -0.15) is 13.2 Å². The van der Waals surface area contributed by atoms with Gasteiger partial charge < -0.3 is 14.7 Å². The van der Waals surface area contributed by atoms with E-state index in [1.807, 2.05) is 0 Å². The van der Waals surface area contributed by atoms with Crippen LogP contribution < -0.4 is 10.7 Å². The molecular formula is C16H11F3N2O3. The fourth-order valence-electron chi connectivity index (χ4n) is 2.21. The number of fused-ring (bicyclic) bond motifs is 1. The number of carbonyl (C=O) groups excluding carboxylic acids is 1. The van der Waals surface area contributed by atoms with Crippen molar-refractivity contribution in [2.24, 2.45) is 0 Å². The van der Waals surface area contributed by atoms with E-state index >= 15 is 0 Å². The maximum Gasteiger partial charge on any atom is 0.416 e. The van der Waals surface area contributed by atoms with E-state index in [2.05, 4.69) is 10.3 Å². The minimum absolute atomic E-state index is 0.000164. The first-order valence-electron chi connectivity index (χ1n) is 6.89. The number of furan rings is 1. The second kappa shape index (κ2) is 5.88. The van der Waals surface area contributed by atoms with Crippen molar-refractivity contribution in [1.82, 2.24) is 10.3 Å². The lowest BCUT2D eigenvalue weighted by Gasteiger charge is -2.08. The fraction of sp³-hybridized carbons (Fsp3) is 0.125. The highest BCUT2D eigenvalue weighted by molar-refractivity contribution is 5.96. The van der Waals surface area contributed by atoms with Gasteiger partial charge in [0.1, 0.15) is 5.56 Å². The summed E-state index contributed by atoms with van der Waals surface area (Å²) in [7, 11) is 0. The van der Waals surface area contributed by atoms with E-state index < -0.39 is 23.1 Å². The van der Waals surface area contributed by atoms with Gasteiger partial charge in [-0.05, 0) is 23.8 Å². The summed E-state index contributed by atoms with van der Waals surface area (Å²) in [4.78, 5) is 26.9. The molecule has 0 unspecified atom stereocenters. The molecular weight excluding hydrogens is 325 g/mol. The van der Waals surface area contributed by atoms with Crippen LogP contribution >= 0.6 is 0 Å². The van der Waals surface area contributed by atoms with E-state index in [0.29, 0.717) is 5.56 Å². The predicted molar refractivity (Wildman–Crippen MR) is 79.4 cm³/mol. The molecule has 0 saturated heterocycles. The molecule has 2 aromatic heterocycles. The van der Waals surface area contributed by atoms with E-state index in [1.165, 1.54) is 30.7 Å². The summed E-state index contributed by atoms with van der Waals surface area (Å²) in [5, 5.41) is 2.75. The topological polar surface area (TPSA) is 75.1 Å². The first-order chi connectivity index (χ1) is 11.4. The van der Waals surface area contributed by atoms with Crippen LogP contribution in [-0.2, 0) is 12.7 Å². The average molecular weight is 336 g/mol. The van der Waals surface area contributed by atoms with E-state index in [-0.39, 0.29) is 23.2 Å². The molecule has 0 aliphatic rings. The summed E-state index contributed by atoms with van der Waals surface area (Å²) in [6.07, 6.45) is -1.85. The van der Waals surface area contributed by atoms with Gasteiger partial charge in [-0.1, -0.05) is 12.1 Å². The molecule has 0 saturated carbocycles. The normalized spacial score (nSPS) is 11.6. The first kappa shape index (κ1) is 15.9. The number of alkyl halides is 3. The van der Waals surface area contributed by atoms with Crippen molar-refractivity contribution in [3.05, 3.63) is 69.7 Å². The zero-order chi connectivity index (χ0) is 17.3. The monoisotopic (exact) mass is 336 g/mol. The minimum atomic E-state index is -4.41. The Morgan fingerprint density at radius 1 is 1.17 bits per heavy atom. The van der Waals surface area contributed by atoms with Crippen LogP contribution in [0.2, 0.25) is 0 Å². The Labute approximate surface area is 133 Å². The smallest absolute Gasteiger partial charge is 0.416 e. The third-order valence-electron chi connectivity index (χ3n) is 3.48. The number of pyridine rings is 1. The highest BCUT2D eigenvalue weighted by Gasteiger charge is 2.29. The average Bonchev–Trinajstić information content (AvgIpc) is 3.02. The predicted octanol–water partition coefficient (Wildman–Crippen LogP) is 3.07. The van der Waals surface area contributed by atoms with Gasteiger partial charge in [0.05, 0.1) is 17.2 Å². The van der Waals surface area contributed by atoms with Crippen molar-refractivity contribution < 1.29 is 22.4 Å². The Balaban J connectivity index is 1.73. The molecule has 2 heterocycles. The number of carbonyl (C=O) groups is 1. The van der Waals surface area contributed by atoms with Crippen LogP contribution in [0.4, 0.5) is 13.2 Å². The molecule has 3 aromatic rings. The fourth-order valence-corrected chi connectivity index (χ4v) is 2.21. The molecule has 124 valence electrons. The third-order valence-corrected chi connectivity index (χ3v) is 3.48. The molecule has 0 aliphatic heterocycles. The van der Waals surface area contributed by atoms with Crippen LogP contribution in [0, 0.1) is 0 Å². The number of H-pyrrole nitrogens is 1. The second-order valence-corrected chi connectivity index (χ2v) is 5.07. The van der Waals surface area contributed by atoms with Gasteiger partial charge in [0.15, 0.2) is 0 Å². The Kier molecular flexibility index (Phi) is 3.88. The van der Waals surface area contributed by atoms with Crippen molar-refractivity contribution in [3.8, 4) is 0 Å². The number of rotatable bonds is 3. The van der Waals surface area contributed by atoms with Gasteiger partial charge in [0.25, 0.3) is 5.91 Å². The standard InChI is InChI=1S/C16H11F3N2O3/c17-16(18,19)10-3-1-9(2-4-10)7-20-14(23)12-8-21-15-11(13(12)22)5-6-24-15/h1-6,8H,7H2,(H,20,23)(H,21,22). The van der Waals surface area contributed by atoms with Gasteiger partial charge in [0.2, 0.25) is 11.1 Å². The molecule has 1 aromatic carbocycles. The van der Waals surface area contributed by atoms with Crippen LogP contribution in [0.1, 0.15) is 21.5 Å². The third kappa shape index (κ3) is 3.03. The van der Waals surface area contributed by atoms with Crippen molar-refractivity contribution >= 4 is 17.0 Å². The molecule has 0 atom stereocenters. The quantitative estimate of drug-likeness (QED) is 0.772. The maximum absolute atomic E-state index is 12.5. The van der Waals surface area contributed by atoms with E-state index in [4.69, 9.17) is 4.42 Å². The molecule has 0 radical (unpaired) electrons. The number of amides is 1. The van der Waals surface area contributed by atoms with E-state index in [9.17, 15) is 22.8 Å². The lowest BCUT2D eigenvalue weighted by atomic mass is 10.1. The van der Waals surface area contributed by atoms with Gasteiger partial charge in [-0.15, -0.1) is 0 Å². The first-order valence-corrected chi connectivity index (χ1v) is 6.89. The summed E-state index contributed by atoms with van der Waals surface area (Å²) >= 11 is 0. The second-order valence-electron chi connectivity index (χ2n) is 5.07. The van der Waals surface area contributed by atoms with Crippen molar-refractivity contribution in [3.63, 3.8) is 0 Å². The number of hydrogen-bond donors (Lipinski definition) is 2. The Bertz CT molecular complexity index is 940.